The molecule has 4 saturated heterocycles. The van der Waals surface area contributed by atoms with Gasteiger partial charge in [-0.2, -0.15) is 18.9 Å². The zero-order valence-corrected chi connectivity index (χ0v) is 82.4. The number of rotatable bonds is 13. The number of fused-ring (bicyclic) bond motifs is 7. The summed E-state index contributed by atoms with van der Waals surface area (Å²) >= 11 is 0. The van der Waals surface area contributed by atoms with E-state index in [2.05, 4.69) is 148 Å². The molecule has 0 amide bonds. The molecule has 13 aromatic rings. The van der Waals surface area contributed by atoms with Gasteiger partial charge >= 0.3 is 103 Å². The van der Waals surface area contributed by atoms with Crippen molar-refractivity contribution in [3.05, 3.63) is 122 Å². The van der Waals surface area contributed by atoms with Crippen LogP contribution >= 0.6 is 0 Å². The summed E-state index contributed by atoms with van der Waals surface area (Å²) in [4.78, 5) is 78.6. The van der Waals surface area contributed by atoms with E-state index in [1.54, 1.807) is 87.2 Å². The Morgan fingerprint density at radius 1 is 0.601 bits per heavy atom. The van der Waals surface area contributed by atoms with E-state index < -0.39 is 60.7 Å². The minimum absolute atomic E-state index is 0. The maximum atomic E-state index is 11.9. The fourth-order valence-corrected chi connectivity index (χ4v) is 12.4. The molecule has 16 heterocycles. The second-order valence-electron chi connectivity index (χ2n) is 28.5. The number of aryl methyl sites for hydroxylation is 1. The van der Waals surface area contributed by atoms with Gasteiger partial charge in [-0.05, 0) is 153 Å². The molecule has 4 fully saturated rings. The van der Waals surface area contributed by atoms with Gasteiger partial charge in [0.1, 0.15) is 101 Å². The number of nitrogens with one attached hydrogen (secondary N) is 2. The molecule has 17 rings (SSSR count). The van der Waals surface area contributed by atoms with E-state index in [-0.39, 0.29) is 208 Å². The van der Waals surface area contributed by atoms with Crippen LogP contribution < -0.4 is 131 Å². The summed E-state index contributed by atoms with van der Waals surface area (Å²) in [5, 5.41) is 54.3. The molecule has 0 saturated carbocycles. The van der Waals surface area contributed by atoms with Crippen molar-refractivity contribution in [1.82, 2.24) is 98.4 Å². The van der Waals surface area contributed by atoms with Crippen LogP contribution in [-0.2, 0) is 86.2 Å². The standard InChI is InChI=1S/C14H16N6O2.C13H15N5O2.C13H18O5S.C11H12N6O2.C11H4.C7H5N5.C6H12O3.C5H4N4.C2H6O.2CH3F.CH2O3.4CH4.2K.H/c1-14(2)21-5-8(22-14)4-20-7-18-10-3-9-11(15)16-6-17-12(9)19-13(10)20;1-13(2)19-6-9(20-13)5-18-7-16-10-3-8(4-14)11(15)17-12(10)18;1-10-4-6-12(7-5-10)19(14,15)17-9-11-8-16-13(2,3)18-11;12-9-7-1-8-11(16-10(7)14-4-13-9)17(5-15-8)2-6(19)3-18;1-3-5-7-9-11-10-8-6-4-2;8-2-4-1-5-7(11-3-10-5)12-6(4)9;1-6(2)8-4-5(3-7)9-6;1-4-5(8-2-6-1)9-3-7-4;1-3-2;2*1-2;2-1-4-3;;;;;;;/h3,6-8H,4-5H2,1-2H3,(H2,15,16,17,19);3,7,9H,5-6H2,1-2H3,(H2,15,17);4-7,11H,8-9H2,1-3H3;1,4-6,18-19H,2-3H2,(H2,12,13,14,16);1H,2H3;1,3H,(H3,9,10,11,12);5,7H,3-4H2,1-2H3;1-3H,(H,6,7,8,9);1-2H3;2*1H3;1,3H;4*1H4;;;/q;;;;;;;;;;;;;;;;2*+1;-1/p-1/t8-;9-;11-;6-;;;5-;;;;;;;;;;;;/m0010..0............/s1/i;;;;;;;;1D2;2*1D;;;;;;;;. The zero-order chi connectivity index (χ0) is 100. The average molecular weight is 1990 g/mol. The number of carbonyl (C=O) groups excluding carboxylic acids is 1. The Morgan fingerprint density at radius 2 is 1.01 bits per heavy atom. The molecule has 138 heavy (non-hydrogen) atoms. The summed E-state index contributed by atoms with van der Waals surface area (Å²) < 4.78 is 126. The van der Waals surface area contributed by atoms with Crippen LogP contribution in [0.1, 0.15) is 116 Å². The molecule has 0 radical (unpaired) electrons. The maximum absolute atomic E-state index is 11.9. The topological polar surface area (TPSA) is 628 Å². The molecular weight excluding hydrogens is 1870 g/mol. The van der Waals surface area contributed by atoms with Gasteiger partial charge in [-0.1, -0.05) is 53.3 Å². The number of aliphatic hydroxyl groups excluding tert-OH is 3. The molecule has 4 aliphatic rings. The number of nitriles is 2. The largest absolute Gasteiger partial charge is 1.00 e. The molecule has 4 aliphatic heterocycles. The number of imidazole rings is 5. The predicted molar refractivity (Wildman–Crippen MR) is 503 cm³/mol. The Balaban J connectivity index is 0. The molecule has 732 valence electrons. The minimum Gasteiger partial charge on any atom is -1.00 e. The number of alkyl halides is 2. The van der Waals surface area contributed by atoms with Gasteiger partial charge < -0.3 is 116 Å². The number of halogens is 2. The van der Waals surface area contributed by atoms with Gasteiger partial charge in [-0.3, -0.25) is 17.8 Å². The van der Waals surface area contributed by atoms with E-state index in [0.29, 0.717) is 118 Å². The number of hydrogen-bond acceptors (Lipinski definition) is 39. The second-order valence-corrected chi connectivity index (χ2v) is 30.1. The summed E-state index contributed by atoms with van der Waals surface area (Å²) in [5.41, 5.74) is 32.4. The Kier molecular flexibility index (Phi) is 54.8. The van der Waals surface area contributed by atoms with Crippen molar-refractivity contribution in [3.63, 3.8) is 0 Å². The number of aliphatic hydroxyl groups is 3. The van der Waals surface area contributed by atoms with E-state index in [1.807, 2.05) is 75.8 Å². The average Bonchev–Trinajstić information content (AvgIpc) is 1.65. The van der Waals surface area contributed by atoms with Crippen LogP contribution in [0.5, 0.6) is 0 Å². The molecule has 0 spiro atoms. The Bertz CT molecular complexity index is 6560. The number of anilines is 4. The van der Waals surface area contributed by atoms with E-state index >= 15 is 0 Å². The van der Waals surface area contributed by atoms with Crippen LogP contribution in [0.3, 0.4) is 0 Å². The smallest absolute Gasteiger partial charge is 1.00 e. The maximum Gasteiger partial charge on any atom is 1.00 e. The molecule has 13 N–H and O–H groups in total. The summed E-state index contributed by atoms with van der Waals surface area (Å²) in [6.45, 7) is 21.2. The van der Waals surface area contributed by atoms with Crippen LogP contribution in [0.4, 0.5) is 32.1 Å². The van der Waals surface area contributed by atoms with Gasteiger partial charge in [0, 0.05) is 14.2 Å². The molecule has 0 unspecified atom stereocenters. The van der Waals surface area contributed by atoms with Gasteiger partial charge in [0.25, 0.3) is 16.6 Å². The Hall–Kier alpha value is -11.1. The first kappa shape index (κ1) is 119. The van der Waals surface area contributed by atoms with Gasteiger partial charge in [0.15, 0.2) is 62.7 Å². The fourth-order valence-electron chi connectivity index (χ4n) is 11.4. The molecule has 0 aliphatic carbocycles. The molecule has 0 bridgehead atoms. The van der Waals surface area contributed by atoms with E-state index in [4.69, 9.17) is 108 Å². The number of pyridine rings is 4. The number of aromatic amines is 2. The van der Waals surface area contributed by atoms with Crippen molar-refractivity contribution in [1.29, 1.82) is 10.5 Å². The number of nitrogen functional groups attached to an aromatic ring is 4. The fraction of sp³-hybridized carbons (Fsp3) is 0.416. The SMILES string of the molecule is C.C.C.C.C#CC#CC#CC#CC#CC.CC1(C)OC[C@H](CO)O1.CC1(C)OC[C@H](Cn2cnc3cc(C#N)c(N)nc32)O1.CC1(C)OC[C@H](Cn2cnc3cc4c(N)ncnc4nc32)O1.Cc1ccc(S(=O)(=O)OC[C@H]2COC(C)(C)O2)cc1.N#Cc1cc2[nH]cnc2nc1N.Nc1ncnc2nc3c(cc12)ncn3C[C@H](O)CO.O=CO[O-].[2H]C([2H])OC.[2H]CF.[2H]CF.[H-].[K+].[K+].c1ncc2[nH]cnc2n1. The van der Waals surface area contributed by atoms with Crippen molar-refractivity contribution in [2.45, 2.75) is 177 Å². The molecule has 12 aromatic heterocycles. The van der Waals surface area contributed by atoms with Crippen molar-refractivity contribution < 1.29 is 204 Å². The number of aromatic nitrogens is 20. The minimum atomic E-state index is -3.74. The normalized spacial score (nSPS) is 16.1. The predicted octanol–water partition coefficient (Wildman–Crippen LogP) is 1.39. The number of nitrogens with zero attached hydrogens (tertiary/aromatic N) is 20. The second kappa shape index (κ2) is 63.5. The summed E-state index contributed by atoms with van der Waals surface area (Å²) in [6.07, 6.45) is 17.4. The van der Waals surface area contributed by atoms with Crippen LogP contribution in [0.15, 0.2) is 110 Å². The van der Waals surface area contributed by atoms with E-state index in [1.165, 1.54) is 44.6 Å². The van der Waals surface area contributed by atoms with Crippen LogP contribution in [0.2, 0.25) is 0 Å². The molecular formula is C89H116F2K2N26O18S. The number of H-pyrrole nitrogens is 2. The van der Waals surface area contributed by atoms with E-state index in [9.17, 15) is 22.3 Å². The Labute approximate surface area is 891 Å². The van der Waals surface area contributed by atoms with Gasteiger partial charge in [0.2, 0.25) is 0 Å². The number of ether oxygens (including phenoxy) is 9. The number of hydrogen-bond donors (Lipinski definition) is 9. The summed E-state index contributed by atoms with van der Waals surface area (Å²) in [7, 11) is -5.53. The molecule has 44 nitrogen and oxygen atoms in total. The van der Waals surface area contributed by atoms with Crippen molar-refractivity contribution in [2.75, 3.05) is 97.7 Å². The zero-order valence-electron chi connectivity index (χ0n) is 80.3. The Morgan fingerprint density at radius 3 is 1.44 bits per heavy atom. The molecule has 1 aromatic carbocycles. The van der Waals surface area contributed by atoms with Crippen molar-refractivity contribution in [3.8, 4) is 71.8 Å². The number of benzene rings is 1. The number of methoxy groups -OCH3 is 1. The summed E-state index contributed by atoms with van der Waals surface area (Å²) in [5.74, 6) is 20.9. The number of carbonyl (C=O) groups is 1. The first-order valence-corrected chi connectivity index (χ1v) is 40.1. The summed E-state index contributed by atoms with van der Waals surface area (Å²) in [6, 6.07) is 17.4. The van der Waals surface area contributed by atoms with E-state index in [0.717, 1.165) is 27.8 Å². The third-order valence-corrected chi connectivity index (χ3v) is 18.4. The number of nitrogens with two attached hydrogens (primary N) is 4. The molecule has 49 heteroatoms. The van der Waals surface area contributed by atoms with Crippen LogP contribution in [0, 0.1) is 89.3 Å². The van der Waals surface area contributed by atoms with Gasteiger partial charge in [0.05, 0.1) is 162 Å². The van der Waals surface area contributed by atoms with Gasteiger partial charge in [-0.25, -0.2) is 74.8 Å². The van der Waals surface area contributed by atoms with Crippen molar-refractivity contribution in [2.24, 2.45) is 0 Å². The third kappa shape index (κ3) is 40.4. The third-order valence-electron chi connectivity index (χ3n) is 17.1. The quantitative estimate of drug-likeness (QED) is 0.0197. The van der Waals surface area contributed by atoms with Crippen LogP contribution in [0.25, 0.3) is 77.9 Å². The van der Waals surface area contributed by atoms with Gasteiger partial charge in [-0.15, -0.1) is 6.42 Å². The first-order valence-electron chi connectivity index (χ1n) is 41.2. The monoisotopic (exact) mass is 1990 g/mol. The van der Waals surface area contributed by atoms with Crippen molar-refractivity contribution >= 4 is 118 Å². The first-order chi connectivity index (χ1) is 64.8. The molecule has 5 atom stereocenters. The number of terminal acetylenes is 1. The van der Waals surface area contributed by atoms with Crippen LogP contribution in [-0.4, -0.2) is 257 Å².